The summed E-state index contributed by atoms with van der Waals surface area (Å²) >= 11 is 2.12. The number of amides is 1. The molecule has 1 saturated heterocycles. The first-order valence-corrected chi connectivity index (χ1v) is 9.90. The quantitative estimate of drug-likeness (QED) is 0.851. The van der Waals surface area contributed by atoms with Gasteiger partial charge in [-0.15, -0.1) is 0 Å². The lowest BCUT2D eigenvalue weighted by molar-refractivity contribution is -0.131. The number of thioether (sulfide) groups is 1. The predicted octanol–water partition coefficient (Wildman–Crippen LogP) is 3.25. The van der Waals surface area contributed by atoms with Crippen LogP contribution < -0.4 is 0 Å². The Hall–Kier alpha value is -0.970. The smallest absolute Gasteiger partial charge is 0.222 e. The van der Waals surface area contributed by atoms with Gasteiger partial charge in [-0.05, 0) is 38.7 Å². The Morgan fingerprint density at radius 2 is 2.00 bits per heavy atom. The van der Waals surface area contributed by atoms with Crippen LogP contribution in [0.3, 0.4) is 0 Å². The van der Waals surface area contributed by atoms with Crippen molar-refractivity contribution in [3.63, 3.8) is 0 Å². The molecular formula is C18H29N3OS. The molecule has 128 valence electrons. The second kappa shape index (κ2) is 6.88. The van der Waals surface area contributed by atoms with Crippen LogP contribution in [0.15, 0.2) is 0 Å². The number of carbonyl (C=O) groups is 1. The number of rotatable bonds is 3. The van der Waals surface area contributed by atoms with Crippen molar-refractivity contribution >= 4 is 17.7 Å². The molecule has 0 radical (unpaired) electrons. The van der Waals surface area contributed by atoms with Crippen LogP contribution in [0.2, 0.25) is 0 Å². The van der Waals surface area contributed by atoms with Gasteiger partial charge in [-0.25, -0.2) is 0 Å². The molecule has 2 aliphatic rings. The summed E-state index contributed by atoms with van der Waals surface area (Å²) in [6.45, 7) is 6.04. The van der Waals surface area contributed by atoms with Crippen molar-refractivity contribution in [3.8, 4) is 0 Å². The van der Waals surface area contributed by atoms with Gasteiger partial charge in [-0.2, -0.15) is 16.9 Å². The van der Waals surface area contributed by atoms with Gasteiger partial charge in [0.1, 0.15) is 0 Å². The second-order valence-corrected chi connectivity index (χ2v) is 8.74. The zero-order valence-corrected chi connectivity index (χ0v) is 15.5. The summed E-state index contributed by atoms with van der Waals surface area (Å²) in [4.78, 5) is 14.9. The Labute approximate surface area is 144 Å². The number of carbonyl (C=O) groups excluding carboxylic acids is 1. The fraction of sp³-hybridized carbons (Fsp3) is 0.778. The summed E-state index contributed by atoms with van der Waals surface area (Å²) < 4.78 is 2.29. The van der Waals surface area contributed by atoms with Crippen LogP contribution in [-0.4, -0.2) is 44.2 Å². The summed E-state index contributed by atoms with van der Waals surface area (Å²) in [5.74, 6) is 1.44. The Balaban J connectivity index is 1.59. The lowest BCUT2D eigenvalue weighted by Gasteiger charge is -2.44. The fourth-order valence-corrected chi connectivity index (χ4v) is 5.69. The van der Waals surface area contributed by atoms with Crippen molar-refractivity contribution < 1.29 is 4.79 Å². The van der Waals surface area contributed by atoms with Crippen molar-refractivity contribution in [1.29, 1.82) is 0 Å². The van der Waals surface area contributed by atoms with E-state index in [2.05, 4.69) is 28.7 Å². The van der Waals surface area contributed by atoms with Crippen LogP contribution >= 0.6 is 11.8 Å². The molecule has 0 N–H and O–H groups in total. The maximum absolute atomic E-state index is 12.7. The van der Waals surface area contributed by atoms with Gasteiger partial charge in [-0.3, -0.25) is 9.48 Å². The van der Waals surface area contributed by atoms with Crippen LogP contribution in [0, 0.1) is 13.8 Å². The van der Waals surface area contributed by atoms with E-state index < -0.39 is 0 Å². The minimum absolute atomic E-state index is 0.331. The Morgan fingerprint density at radius 3 is 2.65 bits per heavy atom. The molecule has 5 heteroatoms. The van der Waals surface area contributed by atoms with E-state index in [1.165, 1.54) is 43.4 Å². The number of hydrogen-bond donors (Lipinski definition) is 0. The van der Waals surface area contributed by atoms with Crippen LogP contribution in [0.4, 0.5) is 0 Å². The van der Waals surface area contributed by atoms with Crippen LogP contribution in [0.25, 0.3) is 0 Å². The van der Waals surface area contributed by atoms with E-state index in [-0.39, 0.29) is 0 Å². The van der Waals surface area contributed by atoms with E-state index >= 15 is 0 Å². The van der Waals surface area contributed by atoms with E-state index in [1.807, 2.05) is 18.7 Å². The van der Waals surface area contributed by atoms with Gasteiger partial charge >= 0.3 is 0 Å². The zero-order chi connectivity index (χ0) is 16.4. The summed E-state index contributed by atoms with van der Waals surface area (Å²) in [7, 11) is 1.97. The molecule has 1 aliphatic heterocycles. The predicted molar refractivity (Wildman–Crippen MR) is 95.9 cm³/mol. The molecule has 1 spiro atoms. The van der Waals surface area contributed by atoms with Gasteiger partial charge in [0.2, 0.25) is 5.91 Å². The normalized spacial score (nSPS) is 20.9. The number of aromatic nitrogens is 2. The Kier molecular flexibility index (Phi) is 5.04. The molecule has 3 rings (SSSR count). The van der Waals surface area contributed by atoms with E-state index in [0.717, 1.165) is 31.0 Å². The van der Waals surface area contributed by atoms with Crippen molar-refractivity contribution in [2.75, 3.05) is 18.8 Å². The van der Waals surface area contributed by atoms with Crippen molar-refractivity contribution in [3.05, 3.63) is 17.0 Å². The van der Waals surface area contributed by atoms with Crippen molar-refractivity contribution in [1.82, 2.24) is 14.7 Å². The zero-order valence-electron chi connectivity index (χ0n) is 14.7. The van der Waals surface area contributed by atoms with E-state index in [4.69, 9.17) is 0 Å². The average molecular weight is 336 g/mol. The highest BCUT2D eigenvalue weighted by Gasteiger charge is 2.38. The Morgan fingerprint density at radius 1 is 1.26 bits per heavy atom. The summed E-state index contributed by atoms with van der Waals surface area (Å²) in [6, 6.07) is 0. The highest BCUT2D eigenvalue weighted by Crippen LogP contribution is 2.42. The first-order chi connectivity index (χ1) is 11.0. The summed E-state index contributed by atoms with van der Waals surface area (Å²) in [5, 5.41) is 4.46. The van der Waals surface area contributed by atoms with Gasteiger partial charge in [0.05, 0.1) is 5.69 Å². The second-order valence-electron chi connectivity index (χ2n) is 7.18. The molecule has 2 heterocycles. The van der Waals surface area contributed by atoms with Crippen molar-refractivity contribution in [2.45, 2.75) is 63.5 Å². The SMILES string of the molecule is Cc1nn(C)c(C)c1CCC(=O)N1CCSC2(CCCCC2)C1. The molecule has 1 aromatic rings. The average Bonchev–Trinajstić information content (AvgIpc) is 2.78. The Bertz CT molecular complexity index is 570. The highest BCUT2D eigenvalue weighted by atomic mass is 32.2. The first kappa shape index (κ1) is 16.9. The topological polar surface area (TPSA) is 38.1 Å². The molecule has 2 fully saturated rings. The molecule has 1 amide bonds. The maximum Gasteiger partial charge on any atom is 0.222 e. The monoisotopic (exact) mass is 335 g/mol. The number of aryl methyl sites for hydroxylation is 2. The third kappa shape index (κ3) is 3.59. The summed E-state index contributed by atoms with van der Waals surface area (Å²) in [5.41, 5.74) is 3.50. The van der Waals surface area contributed by atoms with E-state index in [0.29, 0.717) is 17.1 Å². The van der Waals surface area contributed by atoms with Crippen molar-refractivity contribution in [2.24, 2.45) is 7.05 Å². The summed E-state index contributed by atoms with van der Waals surface area (Å²) in [6.07, 6.45) is 8.07. The molecule has 0 atom stereocenters. The van der Waals surface area contributed by atoms with Crippen LogP contribution in [0.1, 0.15) is 55.5 Å². The molecule has 0 unspecified atom stereocenters. The standard InChI is InChI=1S/C18H29N3OS/c1-14-16(15(2)20(3)19-14)7-8-17(22)21-11-12-23-18(13-21)9-5-4-6-10-18/h4-13H2,1-3H3. The fourth-order valence-electron chi connectivity index (χ4n) is 4.13. The van der Waals surface area contributed by atoms with Gasteiger partial charge < -0.3 is 4.90 Å². The van der Waals surface area contributed by atoms with E-state index in [1.54, 1.807) is 0 Å². The highest BCUT2D eigenvalue weighted by molar-refractivity contribution is 8.00. The lowest BCUT2D eigenvalue weighted by Crippen LogP contribution is -2.49. The third-order valence-electron chi connectivity index (χ3n) is 5.61. The molecular weight excluding hydrogens is 306 g/mol. The van der Waals surface area contributed by atoms with Gasteiger partial charge in [0.15, 0.2) is 0 Å². The molecule has 0 aromatic carbocycles. The van der Waals surface area contributed by atoms with Gasteiger partial charge in [0.25, 0.3) is 0 Å². The number of hydrogen-bond acceptors (Lipinski definition) is 3. The van der Waals surface area contributed by atoms with E-state index in [9.17, 15) is 4.79 Å². The first-order valence-electron chi connectivity index (χ1n) is 8.92. The molecule has 4 nitrogen and oxygen atoms in total. The largest absolute Gasteiger partial charge is 0.340 e. The molecule has 23 heavy (non-hydrogen) atoms. The minimum atomic E-state index is 0.331. The number of nitrogens with zero attached hydrogens (tertiary/aromatic N) is 3. The molecule has 1 saturated carbocycles. The molecule has 1 aliphatic carbocycles. The van der Waals surface area contributed by atoms with Crippen LogP contribution in [0.5, 0.6) is 0 Å². The van der Waals surface area contributed by atoms with Gasteiger partial charge in [-0.1, -0.05) is 19.3 Å². The lowest BCUT2D eigenvalue weighted by atomic mass is 9.87. The molecule has 1 aromatic heterocycles. The van der Waals surface area contributed by atoms with Gasteiger partial charge in [0, 0.05) is 42.8 Å². The minimum Gasteiger partial charge on any atom is -0.340 e. The maximum atomic E-state index is 12.7. The third-order valence-corrected chi connectivity index (χ3v) is 7.15. The molecule has 0 bridgehead atoms. The van der Waals surface area contributed by atoms with Crippen LogP contribution in [-0.2, 0) is 18.3 Å².